The third-order valence-electron chi connectivity index (χ3n) is 9.13. The van der Waals surface area contributed by atoms with E-state index in [2.05, 4.69) is 103 Å². The molecule has 0 atom stereocenters. The number of nitrogens with zero attached hydrogens (tertiary/aromatic N) is 4. The average molecular weight is 659 g/mol. The number of furan rings is 1. The van der Waals surface area contributed by atoms with Crippen molar-refractivity contribution in [3.05, 3.63) is 158 Å². The number of hydrogen-bond donors (Lipinski definition) is 0. The normalized spacial score (nSPS) is 11.6. The maximum absolute atomic E-state index is 6.79. The lowest BCUT2D eigenvalue weighted by atomic mass is 10.0. The Balaban J connectivity index is 1.17. The molecule has 0 unspecified atom stereocenters. The fourth-order valence-electron chi connectivity index (χ4n) is 6.70. The van der Waals surface area contributed by atoms with Gasteiger partial charge in [-0.05, 0) is 30.3 Å². The Kier molecular flexibility index (Phi) is 6.60. The molecular weight excluding hydrogens is 633 g/mol. The molecule has 0 aliphatic heterocycles. The van der Waals surface area contributed by atoms with Crippen molar-refractivity contribution in [2.75, 3.05) is 0 Å². The molecule has 0 amide bonds. The molecule has 0 saturated heterocycles. The highest BCUT2D eigenvalue weighted by Crippen LogP contribution is 2.43. The van der Waals surface area contributed by atoms with Crippen LogP contribution in [0.4, 0.5) is 0 Å². The van der Waals surface area contributed by atoms with E-state index in [1.165, 1.54) is 4.70 Å². The highest BCUT2D eigenvalue weighted by Gasteiger charge is 2.21. The van der Waals surface area contributed by atoms with Gasteiger partial charge in [-0.2, -0.15) is 0 Å². The van der Waals surface area contributed by atoms with Gasteiger partial charge in [0.15, 0.2) is 11.6 Å². The van der Waals surface area contributed by atoms with Crippen LogP contribution in [0.1, 0.15) is 0 Å². The summed E-state index contributed by atoms with van der Waals surface area (Å²) in [5.74, 6) is 1.33. The number of rotatable bonds is 5. The minimum atomic E-state index is 0.642. The summed E-state index contributed by atoms with van der Waals surface area (Å²) in [7, 11) is 0. The predicted molar refractivity (Wildman–Crippen MR) is 205 cm³/mol. The van der Waals surface area contributed by atoms with Gasteiger partial charge in [-0.15, -0.1) is 11.3 Å². The lowest BCUT2D eigenvalue weighted by molar-refractivity contribution is 0.670. The Hall–Kier alpha value is -6.50. The van der Waals surface area contributed by atoms with Crippen molar-refractivity contribution in [2.45, 2.75) is 0 Å². The lowest BCUT2D eigenvalue weighted by Crippen LogP contribution is -1.95. The van der Waals surface area contributed by atoms with Gasteiger partial charge in [0.1, 0.15) is 11.2 Å². The molecule has 4 aromatic heterocycles. The molecule has 0 N–H and O–H groups in total. The Labute approximate surface area is 291 Å². The van der Waals surface area contributed by atoms with Crippen LogP contribution in [0.15, 0.2) is 162 Å². The summed E-state index contributed by atoms with van der Waals surface area (Å²) in [6.07, 6.45) is 0. The molecule has 4 heterocycles. The van der Waals surface area contributed by atoms with Gasteiger partial charge in [0.05, 0.1) is 27.3 Å². The van der Waals surface area contributed by atoms with Crippen LogP contribution in [0, 0.1) is 0 Å². The Morgan fingerprint density at radius 2 is 1.06 bits per heavy atom. The van der Waals surface area contributed by atoms with Crippen molar-refractivity contribution < 1.29 is 4.42 Å². The first-order chi connectivity index (χ1) is 24.8. The first-order valence-corrected chi connectivity index (χ1v) is 17.3. The predicted octanol–water partition coefficient (Wildman–Crippen LogP) is 11.9. The molecule has 6 aromatic carbocycles. The second kappa shape index (κ2) is 11.6. The van der Waals surface area contributed by atoms with Gasteiger partial charge in [-0.1, -0.05) is 127 Å². The number of hydrogen-bond acceptors (Lipinski definition) is 6. The number of benzene rings is 6. The maximum Gasteiger partial charge on any atom is 0.160 e. The van der Waals surface area contributed by atoms with Gasteiger partial charge in [0.2, 0.25) is 0 Å². The van der Waals surface area contributed by atoms with Crippen LogP contribution >= 0.6 is 11.3 Å². The monoisotopic (exact) mass is 658 g/mol. The summed E-state index contributed by atoms with van der Waals surface area (Å²) >= 11 is 1.72. The summed E-state index contributed by atoms with van der Waals surface area (Å²) in [6.45, 7) is 0. The number of fused-ring (bicyclic) bond motifs is 6. The molecular formula is C44H26N4OS. The highest BCUT2D eigenvalue weighted by molar-refractivity contribution is 7.26. The van der Waals surface area contributed by atoms with Crippen LogP contribution in [0.2, 0.25) is 0 Å². The van der Waals surface area contributed by atoms with E-state index < -0.39 is 0 Å². The molecule has 10 rings (SSSR count). The summed E-state index contributed by atoms with van der Waals surface area (Å²) in [4.78, 5) is 20.4. The van der Waals surface area contributed by atoms with E-state index in [-0.39, 0.29) is 0 Å². The molecule has 0 aliphatic rings. The second-order valence-electron chi connectivity index (χ2n) is 12.2. The van der Waals surface area contributed by atoms with Crippen molar-refractivity contribution in [2.24, 2.45) is 0 Å². The number of thiophene rings is 1. The van der Waals surface area contributed by atoms with Crippen LogP contribution in [-0.2, 0) is 0 Å². The fraction of sp³-hybridized carbons (Fsp3) is 0. The molecule has 0 aliphatic carbocycles. The molecule has 5 nitrogen and oxygen atoms in total. The third kappa shape index (κ3) is 4.77. The molecule has 0 saturated carbocycles. The first kappa shape index (κ1) is 28.5. The quantitative estimate of drug-likeness (QED) is 0.184. The number of aromatic nitrogens is 4. The Morgan fingerprint density at radius 3 is 1.78 bits per heavy atom. The van der Waals surface area contributed by atoms with Crippen LogP contribution in [0.25, 0.3) is 98.8 Å². The van der Waals surface area contributed by atoms with E-state index in [0.29, 0.717) is 11.6 Å². The smallest absolute Gasteiger partial charge is 0.160 e. The second-order valence-corrected chi connectivity index (χ2v) is 13.3. The van der Waals surface area contributed by atoms with Crippen LogP contribution in [0.5, 0.6) is 0 Å². The fourth-order valence-corrected chi connectivity index (χ4v) is 7.85. The Bertz CT molecular complexity index is 2810. The zero-order chi connectivity index (χ0) is 33.0. The van der Waals surface area contributed by atoms with Gasteiger partial charge in [-0.3, -0.25) is 0 Å². The lowest BCUT2D eigenvalue weighted by Gasteiger charge is -2.09. The molecule has 0 spiro atoms. The summed E-state index contributed by atoms with van der Waals surface area (Å²) in [5, 5.41) is 3.18. The van der Waals surface area contributed by atoms with Gasteiger partial charge in [0.25, 0.3) is 0 Å². The molecule has 10 aromatic rings. The van der Waals surface area contributed by atoms with Crippen molar-refractivity contribution >= 4 is 53.6 Å². The largest absolute Gasteiger partial charge is 0.455 e. The summed E-state index contributed by atoms with van der Waals surface area (Å²) in [6, 6.07) is 53.7. The molecule has 0 fully saturated rings. The van der Waals surface area contributed by atoms with Crippen LogP contribution in [-0.4, -0.2) is 19.9 Å². The number of para-hydroxylation sites is 1. The molecule has 0 bridgehead atoms. The minimum Gasteiger partial charge on any atom is -0.455 e. The van der Waals surface area contributed by atoms with E-state index in [1.807, 2.05) is 54.6 Å². The van der Waals surface area contributed by atoms with Crippen LogP contribution < -0.4 is 0 Å². The summed E-state index contributed by atoms with van der Waals surface area (Å²) < 4.78 is 9.01. The summed E-state index contributed by atoms with van der Waals surface area (Å²) in [5.41, 5.74) is 9.98. The molecule has 6 heteroatoms. The Morgan fingerprint density at radius 1 is 0.440 bits per heavy atom. The van der Waals surface area contributed by atoms with E-state index >= 15 is 0 Å². The van der Waals surface area contributed by atoms with E-state index in [4.69, 9.17) is 24.4 Å². The average Bonchev–Trinajstić information content (AvgIpc) is 3.77. The third-order valence-corrected chi connectivity index (χ3v) is 10.3. The van der Waals surface area contributed by atoms with E-state index in [9.17, 15) is 0 Å². The van der Waals surface area contributed by atoms with Gasteiger partial charge in [0, 0.05) is 48.7 Å². The van der Waals surface area contributed by atoms with Gasteiger partial charge in [-0.25, -0.2) is 19.9 Å². The molecule has 50 heavy (non-hydrogen) atoms. The van der Waals surface area contributed by atoms with Crippen LogP contribution in [0.3, 0.4) is 0 Å². The maximum atomic E-state index is 6.79. The van der Waals surface area contributed by atoms with Gasteiger partial charge < -0.3 is 4.42 Å². The van der Waals surface area contributed by atoms with Crippen molar-refractivity contribution in [3.8, 4) is 56.5 Å². The minimum absolute atomic E-state index is 0.642. The van der Waals surface area contributed by atoms with Crippen molar-refractivity contribution in [3.63, 3.8) is 0 Å². The van der Waals surface area contributed by atoms with E-state index in [0.717, 1.165) is 82.4 Å². The first-order valence-electron chi connectivity index (χ1n) is 16.5. The van der Waals surface area contributed by atoms with Crippen molar-refractivity contribution in [1.29, 1.82) is 0 Å². The van der Waals surface area contributed by atoms with Crippen molar-refractivity contribution in [1.82, 2.24) is 19.9 Å². The van der Waals surface area contributed by atoms with Gasteiger partial charge >= 0.3 is 0 Å². The van der Waals surface area contributed by atoms with E-state index in [1.54, 1.807) is 11.3 Å². The SMILES string of the molecule is c1ccc(-c2cc(-c3ccccc3)nc(-c3ccc4c(c3)oc3c(-c5nc(-c6ccccc6)nc6c5sc5ccccc56)cccc34)n2)cc1. The highest BCUT2D eigenvalue weighted by atomic mass is 32.1. The zero-order valence-corrected chi connectivity index (χ0v) is 27.4. The molecule has 0 radical (unpaired) electrons. The molecule has 234 valence electrons. The zero-order valence-electron chi connectivity index (χ0n) is 26.6. The topological polar surface area (TPSA) is 64.7 Å². The standard InChI is InChI=1S/C44H26N4OS/c1-4-13-27(14-5-1)35-26-36(28-15-6-2-7-16-28)46-44(45-35)30-23-24-31-32-20-12-21-34(41(32)49-37(31)25-30)40-42-39(33-19-10-11-22-38(33)50-42)47-43(48-40)29-17-8-3-9-18-29/h1-26H.